The van der Waals surface area contributed by atoms with Gasteiger partial charge in [-0.25, -0.2) is 0 Å². The van der Waals surface area contributed by atoms with Gasteiger partial charge in [-0.2, -0.15) is 0 Å². The molecule has 9 heteroatoms. The molecule has 0 unspecified atom stereocenters. The van der Waals surface area contributed by atoms with Crippen molar-refractivity contribution in [1.29, 1.82) is 0 Å². The number of nitrogens with one attached hydrogen (secondary N) is 1. The molecule has 0 radical (unpaired) electrons. The summed E-state index contributed by atoms with van der Waals surface area (Å²) in [5, 5.41) is 13.6. The first-order valence-electron chi connectivity index (χ1n) is 8.92. The van der Waals surface area contributed by atoms with E-state index in [1.54, 1.807) is 48.5 Å². The summed E-state index contributed by atoms with van der Waals surface area (Å²) >= 11 is 8.53. The molecule has 3 aromatic rings. The Bertz CT molecular complexity index is 1280. The number of rotatable bonds is 4. The van der Waals surface area contributed by atoms with Crippen molar-refractivity contribution in [3.8, 4) is 11.3 Å². The topological polar surface area (TPSA) is 103 Å². The van der Waals surface area contributed by atoms with Gasteiger partial charge < -0.3 is 14.3 Å². The van der Waals surface area contributed by atoms with Gasteiger partial charge in [-0.1, -0.05) is 40.2 Å². The number of carboxylic acids is 1. The number of anilines is 1. The second-order valence-corrected chi connectivity index (χ2v) is 7.81. The third kappa shape index (κ3) is 4.18. The van der Waals surface area contributed by atoms with Crippen LogP contribution in [-0.4, -0.2) is 22.9 Å². The first kappa shape index (κ1) is 20.7. The highest BCUT2D eigenvalue weighted by Gasteiger charge is 2.34. The standard InChI is InChI=1S/C22H13BrN2O5S/c23-14-5-2-6-15(10-14)25-20(27)17(19(26)24-22(25)31)11-16-7-8-18(30-16)12-3-1-4-13(9-12)21(28)29/h1-11H,(H,28,29)(H,24,26,31)/p-1/b17-11+. The largest absolute Gasteiger partial charge is 0.545 e. The molecular weight excluding hydrogens is 484 g/mol. The average Bonchev–Trinajstić information content (AvgIpc) is 3.20. The van der Waals surface area contributed by atoms with Crippen molar-refractivity contribution in [3.05, 3.63) is 82.0 Å². The monoisotopic (exact) mass is 495 g/mol. The Balaban J connectivity index is 1.67. The zero-order valence-corrected chi connectivity index (χ0v) is 18.0. The number of hydrogen-bond donors (Lipinski definition) is 1. The molecule has 1 saturated heterocycles. The lowest BCUT2D eigenvalue weighted by molar-refractivity contribution is -0.255. The van der Waals surface area contributed by atoms with Crippen LogP contribution in [0.1, 0.15) is 16.1 Å². The number of carbonyl (C=O) groups is 3. The van der Waals surface area contributed by atoms with E-state index in [-0.39, 0.29) is 22.0 Å². The molecule has 7 nitrogen and oxygen atoms in total. The van der Waals surface area contributed by atoms with Crippen LogP contribution in [-0.2, 0) is 9.59 Å². The summed E-state index contributed by atoms with van der Waals surface area (Å²) in [7, 11) is 0. The fourth-order valence-electron chi connectivity index (χ4n) is 3.03. The van der Waals surface area contributed by atoms with E-state index in [1.807, 2.05) is 0 Å². The zero-order chi connectivity index (χ0) is 22.1. The molecular formula is C22H12BrN2O5S-. The molecule has 1 fully saturated rings. The molecule has 31 heavy (non-hydrogen) atoms. The Morgan fingerprint density at radius 2 is 1.87 bits per heavy atom. The third-order valence-corrected chi connectivity index (χ3v) is 5.24. The van der Waals surface area contributed by atoms with Crippen LogP contribution >= 0.6 is 28.1 Å². The van der Waals surface area contributed by atoms with Gasteiger partial charge in [0.05, 0.1) is 11.7 Å². The molecule has 2 heterocycles. The summed E-state index contributed by atoms with van der Waals surface area (Å²) in [5.74, 6) is -1.92. The van der Waals surface area contributed by atoms with Gasteiger partial charge in [0.15, 0.2) is 5.11 Å². The minimum atomic E-state index is -1.30. The summed E-state index contributed by atoms with van der Waals surface area (Å²) in [5.41, 5.74) is 0.865. The van der Waals surface area contributed by atoms with E-state index in [1.165, 1.54) is 23.1 Å². The predicted octanol–water partition coefficient (Wildman–Crippen LogP) is 2.90. The lowest BCUT2D eigenvalue weighted by Gasteiger charge is -2.28. The number of amides is 2. The van der Waals surface area contributed by atoms with E-state index in [0.717, 1.165) is 4.47 Å². The zero-order valence-electron chi connectivity index (χ0n) is 15.6. The van der Waals surface area contributed by atoms with Crippen molar-refractivity contribution >= 4 is 62.8 Å². The molecule has 4 rings (SSSR count). The highest BCUT2D eigenvalue weighted by atomic mass is 79.9. The lowest BCUT2D eigenvalue weighted by Crippen LogP contribution is -2.54. The van der Waals surface area contributed by atoms with Crippen LogP contribution in [0.4, 0.5) is 5.69 Å². The van der Waals surface area contributed by atoms with Gasteiger partial charge in [0.25, 0.3) is 11.8 Å². The first-order chi connectivity index (χ1) is 14.8. The number of aromatic carboxylic acids is 1. The fraction of sp³-hybridized carbons (Fsp3) is 0. The molecule has 2 amide bonds. The van der Waals surface area contributed by atoms with Crippen LogP contribution in [0.15, 0.2) is 75.1 Å². The van der Waals surface area contributed by atoms with Gasteiger partial charge in [0.2, 0.25) is 0 Å². The number of hydrogen-bond acceptors (Lipinski definition) is 6. The van der Waals surface area contributed by atoms with E-state index in [2.05, 4.69) is 21.2 Å². The van der Waals surface area contributed by atoms with Gasteiger partial charge in [-0.05, 0) is 60.3 Å². The van der Waals surface area contributed by atoms with Gasteiger partial charge in [-0.3, -0.25) is 19.8 Å². The number of thiocarbonyl (C=S) groups is 1. The number of nitrogens with zero attached hydrogens (tertiary/aromatic N) is 1. The summed E-state index contributed by atoms with van der Waals surface area (Å²) < 4.78 is 6.46. The van der Waals surface area contributed by atoms with Crippen LogP contribution in [0.5, 0.6) is 0 Å². The van der Waals surface area contributed by atoms with Crippen molar-refractivity contribution in [2.45, 2.75) is 0 Å². The van der Waals surface area contributed by atoms with Gasteiger partial charge in [0, 0.05) is 10.0 Å². The van der Waals surface area contributed by atoms with Crippen molar-refractivity contribution in [3.63, 3.8) is 0 Å². The molecule has 1 aliphatic rings. The van der Waals surface area contributed by atoms with Crippen LogP contribution in [0.25, 0.3) is 17.4 Å². The number of furan rings is 1. The molecule has 0 atom stereocenters. The number of carbonyl (C=O) groups excluding carboxylic acids is 3. The highest BCUT2D eigenvalue weighted by Crippen LogP contribution is 2.27. The maximum atomic E-state index is 13.0. The van der Waals surface area contributed by atoms with E-state index >= 15 is 0 Å². The van der Waals surface area contributed by atoms with Crippen molar-refractivity contribution in [1.82, 2.24) is 5.32 Å². The predicted molar refractivity (Wildman–Crippen MR) is 119 cm³/mol. The number of carboxylic acid groups (broad SMARTS) is 1. The van der Waals surface area contributed by atoms with Gasteiger partial charge in [0.1, 0.15) is 17.1 Å². The molecule has 1 aliphatic heterocycles. The molecule has 0 bridgehead atoms. The molecule has 2 aromatic carbocycles. The summed E-state index contributed by atoms with van der Waals surface area (Å²) in [6, 6.07) is 16.2. The maximum absolute atomic E-state index is 13.0. The Morgan fingerprint density at radius 1 is 1.10 bits per heavy atom. The Morgan fingerprint density at radius 3 is 2.61 bits per heavy atom. The van der Waals surface area contributed by atoms with Crippen molar-refractivity contribution < 1.29 is 23.9 Å². The quantitative estimate of drug-likeness (QED) is 0.339. The van der Waals surface area contributed by atoms with E-state index in [4.69, 9.17) is 16.6 Å². The lowest BCUT2D eigenvalue weighted by atomic mass is 10.1. The number of halogens is 1. The second-order valence-electron chi connectivity index (χ2n) is 6.51. The highest BCUT2D eigenvalue weighted by molar-refractivity contribution is 9.10. The molecule has 154 valence electrons. The summed E-state index contributed by atoms with van der Waals surface area (Å²) in [6.45, 7) is 0. The molecule has 0 saturated carbocycles. The Hall–Kier alpha value is -3.56. The van der Waals surface area contributed by atoms with Gasteiger partial charge >= 0.3 is 0 Å². The average molecular weight is 496 g/mol. The first-order valence-corrected chi connectivity index (χ1v) is 10.1. The second kappa shape index (κ2) is 8.29. The van der Waals surface area contributed by atoms with Gasteiger partial charge in [-0.15, -0.1) is 0 Å². The number of benzene rings is 2. The molecule has 1 N–H and O–H groups in total. The Kier molecular flexibility index (Phi) is 5.53. The molecule has 0 aliphatic carbocycles. The van der Waals surface area contributed by atoms with Crippen LogP contribution in [0.3, 0.4) is 0 Å². The minimum Gasteiger partial charge on any atom is -0.545 e. The van der Waals surface area contributed by atoms with Crippen molar-refractivity contribution in [2.75, 3.05) is 4.90 Å². The Labute approximate surface area is 190 Å². The van der Waals surface area contributed by atoms with E-state index in [0.29, 0.717) is 17.0 Å². The molecule has 1 aromatic heterocycles. The maximum Gasteiger partial charge on any atom is 0.270 e. The smallest absolute Gasteiger partial charge is 0.270 e. The van der Waals surface area contributed by atoms with E-state index in [9.17, 15) is 19.5 Å². The third-order valence-electron chi connectivity index (χ3n) is 4.46. The summed E-state index contributed by atoms with van der Waals surface area (Å²) in [6.07, 6.45) is 1.32. The van der Waals surface area contributed by atoms with Crippen LogP contribution < -0.4 is 15.3 Å². The molecule has 0 spiro atoms. The van der Waals surface area contributed by atoms with Crippen molar-refractivity contribution in [2.24, 2.45) is 0 Å². The van der Waals surface area contributed by atoms with E-state index < -0.39 is 17.8 Å². The SMILES string of the molecule is O=C1NC(=S)N(c2cccc(Br)c2)C(=O)/C1=C/c1ccc(-c2cccc(C(=O)[O-])c2)o1. The normalized spacial score (nSPS) is 15.3. The van der Waals surface area contributed by atoms with Crippen LogP contribution in [0, 0.1) is 0 Å². The minimum absolute atomic E-state index is 0.00816. The summed E-state index contributed by atoms with van der Waals surface area (Å²) in [4.78, 5) is 37.8. The van der Waals surface area contributed by atoms with Crippen LogP contribution in [0.2, 0.25) is 0 Å². The fourth-order valence-corrected chi connectivity index (χ4v) is 3.70.